The lowest BCUT2D eigenvalue weighted by molar-refractivity contribution is -0.137. The van der Waals surface area contributed by atoms with E-state index in [0.29, 0.717) is 5.69 Å². The summed E-state index contributed by atoms with van der Waals surface area (Å²) in [6.07, 6.45) is -4.44. The van der Waals surface area contributed by atoms with Gasteiger partial charge in [-0.1, -0.05) is 24.3 Å². The minimum atomic E-state index is -4.44. The van der Waals surface area contributed by atoms with E-state index in [0.717, 1.165) is 17.7 Å². The maximum atomic E-state index is 12.6. The van der Waals surface area contributed by atoms with E-state index in [1.165, 1.54) is 12.1 Å². The van der Waals surface area contributed by atoms with Gasteiger partial charge in [-0.05, 0) is 36.8 Å². The number of aryl methyl sites for hydroxylation is 1. The van der Waals surface area contributed by atoms with Crippen molar-refractivity contribution in [3.63, 3.8) is 0 Å². The first-order chi connectivity index (χ1) is 10.4. The zero-order valence-electron chi connectivity index (χ0n) is 11.8. The number of hydrogen-bond donors (Lipinski definition) is 1. The molecule has 0 saturated heterocycles. The number of benzene rings is 2. The Morgan fingerprint density at radius 2 is 1.86 bits per heavy atom. The van der Waals surface area contributed by atoms with E-state index in [1.807, 2.05) is 19.1 Å². The van der Waals surface area contributed by atoms with Crippen LogP contribution in [0.3, 0.4) is 0 Å². The Labute approximate surface area is 125 Å². The Morgan fingerprint density at radius 3 is 2.55 bits per heavy atom. The van der Waals surface area contributed by atoms with E-state index in [9.17, 15) is 18.0 Å². The third kappa shape index (κ3) is 4.25. The Morgan fingerprint density at radius 1 is 1.14 bits per heavy atom. The van der Waals surface area contributed by atoms with Gasteiger partial charge in [0.1, 0.15) is 5.75 Å². The normalized spacial score (nSPS) is 11.1. The summed E-state index contributed by atoms with van der Waals surface area (Å²) in [6, 6.07) is 11.6. The summed E-state index contributed by atoms with van der Waals surface area (Å²) >= 11 is 0. The molecule has 0 bridgehead atoms. The van der Waals surface area contributed by atoms with Crippen molar-refractivity contribution in [3.05, 3.63) is 59.7 Å². The van der Waals surface area contributed by atoms with Crippen molar-refractivity contribution in [2.24, 2.45) is 0 Å². The lowest BCUT2D eigenvalue weighted by Gasteiger charge is -2.11. The van der Waals surface area contributed by atoms with Crippen LogP contribution < -0.4 is 10.1 Å². The summed E-state index contributed by atoms with van der Waals surface area (Å²) in [6.45, 7) is 1.47. The number of hydrogen-bond acceptors (Lipinski definition) is 2. The maximum absolute atomic E-state index is 12.6. The molecule has 3 nitrogen and oxygen atoms in total. The highest BCUT2D eigenvalue weighted by Crippen LogP contribution is 2.31. The van der Waals surface area contributed by atoms with Crippen molar-refractivity contribution in [1.82, 2.24) is 0 Å². The zero-order valence-corrected chi connectivity index (χ0v) is 11.8. The summed E-state index contributed by atoms with van der Waals surface area (Å²) in [5.41, 5.74) is 0.708. The molecule has 0 heterocycles. The van der Waals surface area contributed by atoms with E-state index in [4.69, 9.17) is 4.74 Å². The highest BCUT2D eigenvalue weighted by Gasteiger charge is 2.30. The number of amides is 1. The topological polar surface area (TPSA) is 38.3 Å². The maximum Gasteiger partial charge on any atom is 0.416 e. The highest BCUT2D eigenvalue weighted by atomic mass is 19.4. The summed E-state index contributed by atoms with van der Waals surface area (Å²) in [7, 11) is 0. The van der Waals surface area contributed by atoms with Crippen LogP contribution in [0.2, 0.25) is 0 Å². The molecule has 0 aliphatic carbocycles. The van der Waals surface area contributed by atoms with Crippen molar-refractivity contribution < 1.29 is 22.7 Å². The third-order valence-electron chi connectivity index (χ3n) is 2.95. The molecular formula is C16H14F3NO2. The van der Waals surface area contributed by atoms with Gasteiger partial charge in [-0.2, -0.15) is 13.2 Å². The SMILES string of the molecule is Cc1ccccc1NC(=O)COc1cccc(C(F)(F)F)c1. The quantitative estimate of drug-likeness (QED) is 0.926. The second-order valence-corrected chi connectivity index (χ2v) is 4.68. The van der Waals surface area contributed by atoms with Gasteiger partial charge in [-0.25, -0.2) is 0 Å². The molecule has 0 aliphatic heterocycles. The van der Waals surface area contributed by atoms with Crippen LogP contribution in [0.1, 0.15) is 11.1 Å². The molecule has 0 aliphatic rings. The molecule has 0 unspecified atom stereocenters. The molecule has 0 radical (unpaired) electrons. The molecule has 1 N–H and O–H groups in total. The van der Waals surface area contributed by atoms with Crippen LogP contribution in [0, 0.1) is 6.92 Å². The molecule has 0 atom stereocenters. The average Bonchev–Trinajstić information content (AvgIpc) is 2.47. The Bertz CT molecular complexity index is 668. The second kappa shape index (κ2) is 6.51. The lowest BCUT2D eigenvalue weighted by atomic mass is 10.2. The fourth-order valence-electron chi connectivity index (χ4n) is 1.81. The van der Waals surface area contributed by atoms with Gasteiger partial charge in [-0.15, -0.1) is 0 Å². The van der Waals surface area contributed by atoms with Crippen LogP contribution in [-0.4, -0.2) is 12.5 Å². The molecule has 0 saturated carbocycles. The van der Waals surface area contributed by atoms with Gasteiger partial charge in [0.05, 0.1) is 5.56 Å². The van der Waals surface area contributed by atoms with Crippen molar-refractivity contribution in [2.75, 3.05) is 11.9 Å². The number of nitrogens with one attached hydrogen (secondary N) is 1. The minimum absolute atomic E-state index is 0.00485. The Kier molecular flexibility index (Phi) is 4.70. The first-order valence-corrected chi connectivity index (χ1v) is 6.52. The van der Waals surface area contributed by atoms with Crippen molar-refractivity contribution in [3.8, 4) is 5.75 Å². The molecule has 6 heteroatoms. The average molecular weight is 309 g/mol. The summed E-state index contributed by atoms with van der Waals surface area (Å²) < 4.78 is 42.8. The number of ether oxygens (including phenoxy) is 1. The lowest BCUT2D eigenvalue weighted by Crippen LogP contribution is -2.20. The predicted molar refractivity (Wildman–Crippen MR) is 76.7 cm³/mol. The molecule has 0 aromatic heterocycles. The summed E-state index contributed by atoms with van der Waals surface area (Å²) in [5.74, 6) is -0.443. The van der Waals surface area contributed by atoms with Crippen molar-refractivity contribution in [2.45, 2.75) is 13.1 Å². The molecule has 0 spiro atoms. The van der Waals surface area contributed by atoms with Gasteiger partial charge in [0, 0.05) is 5.69 Å². The standard InChI is InChI=1S/C16H14F3NO2/c1-11-5-2-3-8-14(11)20-15(21)10-22-13-7-4-6-12(9-13)16(17,18)19/h2-9H,10H2,1H3,(H,20,21). The van der Waals surface area contributed by atoms with E-state index < -0.39 is 17.6 Å². The molecule has 2 rings (SSSR count). The molecule has 22 heavy (non-hydrogen) atoms. The third-order valence-corrected chi connectivity index (χ3v) is 2.95. The highest BCUT2D eigenvalue weighted by molar-refractivity contribution is 5.92. The van der Waals surface area contributed by atoms with Gasteiger partial charge >= 0.3 is 6.18 Å². The minimum Gasteiger partial charge on any atom is -0.484 e. The largest absolute Gasteiger partial charge is 0.484 e. The molecular weight excluding hydrogens is 295 g/mol. The first kappa shape index (κ1) is 15.9. The van der Waals surface area contributed by atoms with E-state index >= 15 is 0 Å². The van der Waals surface area contributed by atoms with Crippen LogP contribution in [0.4, 0.5) is 18.9 Å². The second-order valence-electron chi connectivity index (χ2n) is 4.68. The monoisotopic (exact) mass is 309 g/mol. The van der Waals surface area contributed by atoms with Crippen LogP contribution in [0.25, 0.3) is 0 Å². The first-order valence-electron chi connectivity index (χ1n) is 6.52. The Hall–Kier alpha value is -2.50. The van der Waals surface area contributed by atoms with Gasteiger partial charge < -0.3 is 10.1 Å². The molecule has 1 amide bonds. The van der Waals surface area contributed by atoms with Gasteiger partial charge in [0.25, 0.3) is 5.91 Å². The van der Waals surface area contributed by atoms with Crippen LogP contribution >= 0.6 is 0 Å². The fourth-order valence-corrected chi connectivity index (χ4v) is 1.81. The number of anilines is 1. The van der Waals surface area contributed by atoms with Gasteiger partial charge in [-0.3, -0.25) is 4.79 Å². The fraction of sp³-hybridized carbons (Fsp3) is 0.188. The van der Waals surface area contributed by atoms with E-state index in [-0.39, 0.29) is 12.4 Å². The van der Waals surface area contributed by atoms with E-state index in [2.05, 4.69) is 5.32 Å². The number of alkyl halides is 3. The van der Waals surface area contributed by atoms with Crippen LogP contribution in [0.15, 0.2) is 48.5 Å². The molecule has 2 aromatic carbocycles. The van der Waals surface area contributed by atoms with Gasteiger partial charge in [0.2, 0.25) is 0 Å². The van der Waals surface area contributed by atoms with Gasteiger partial charge in [0.15, 0.2) is 6.61 Å². The smallest absolute Gasteiger partial charge is 0.416 e. The predicted octanol–water partition coefficient (Wildman–Crippen LogP) is 4.03. The number of halogens is 3. The number of carbonyl (C=O) groups is 1. The van der Waals surface area contributed by atoms with Crippen LogP contribution in [-0.2, 0) is 11.0 Å². The zero-order chi connectivity index (χ0) is 16.2. The Balaban J connectivity index is 1.96. The van der Waals surface area contributed by atoms with Crippen molar-refractivity contribution in [1.29, 1.82) is 0 Å². The molecule has 116 valence electrons. The molecule has 0 fully saturated rings. The number of rotatable bonds is 4. The van der Waals surface area contributed by atoms with Crippen LogP contribution in [0.5, 0.6) is 5.75 Å². The number of carbonyl (C=O) groups excluding carboxylic acids is 1. The van der Waals surface area contributed by atoms with Crippen molar-refractivity contribution >= 4 is 11.6 Å². The number of para-hydroxylation sites is 1. The van der Waals surface area contributed by atoms with E-state index in [1.54, 1.807) is 12.1 Å². The molecule has 2 aromatic rings. The summed E-state index contributed by atoms with van der Waals surface area (Å²) in [5, 5.41) is 2.64. The summed E-state index contributed by atoms with van der Waals surface area (Å²) in [4.78, 5) is 11.8.